The van der Waals surface area contributed by atoms with E-state index in [9.17, 15) is 9.90 Å². The Morgan fingerprint density at radius 1 is 1.07 bits per heavy atom. The Bertz CT molecular complexity index is 1150. The van der Waals surface area contributed by atoms with Gasteiger partial charge < -0.3 is 19.5 Å². The van der Waals surface area contributed by atoms with E-state index in [-0.39, 0.29) is 12.3 Å². The molecule has 2 aromatic heterocycles. The van der Waals surface area contributed by atoms with Crippen LogP contribution in [-0.2, 0) is 17.9 Å². The van der Waals surface area contributed by atoms with Crippen LogP contribution in [0.3, 0.4) is 0 Å². The Morgan fingerprint density at radius 3 is 2.75 bits per heavy atom. The molecule has 0 atom stereocenters. The van der Waals surface area contributed by atoms with E-state index in [1.807, 2.05) is 48.5 Å². The molecular weight excluding hydrogens is 356 g/mol. The van der Waals surface area contributed by atoms with E-state index < -0.39 is 5.97 Å². The Hall–Kier alpha value is -3.80. The van der Waals surface area contributed by atoms with E-state index in [0.29, 0.717) is 18.0 Å². The zero-order chi connectivity index (χ0) is 19.5. The number of hydrogen-bond donors (Lipinski definition) is 2. The monoisotopic (exact) mass is 374 g/mol. The number of aliphatic carboxylic acids is 1. The van der Waals surface area contributed by atoms with E-state index in [1.54, 1.807) is 29.1 Å². The third kappa shape index (κ3) is 3.66. The molecule has 0 unspecified atom stereocenters. The van der Waals surface area contributed by atoms with Crippen LogP contribution in [-0.4, -0.2) is 25.7 Å². The minimum Gasteiger partial charge on any atom is -0.507 e. The number of aromatic hydroxyl groups is 1. The van der Waals surface area contributed by atoms with Crippen molar-refractivity contribution in [1.29, 1.82) is 0 Å². The van der Waals surface area contributed by atoms with Gasteiger partial charge in [0.25, 0.3) is 0 Å². The average Bonchev–Trinajstić information content (AvgIpc) is 3.08. The number of hydrogen-bond acceptors (Lipinski definition) is 4. The molecule has 0 saturated heterocycles. The Kier molecular flexibility index (Phi) is 4.68. The number of aromatic nitrogens is 2. The number of phenols is 1. The number of carboxylic acid groups (broad SMARTS) is 1. The maximum atomic E-state index is 10.9. The number of nitrogens with zero attached hydrogens (tertiary/aromatic N) is 2. The molecule has 0 fully saturated rings. The van der Waals surface area contributed by atoms with Crippen LogP contribution in [0.4, 0.5) is 0 Å². The van der Waals surface area contributed by atoms with Gasteiger partial charge in [0.05, 0.1) is 6.20 Å². The topological polar surface area (TPSA) is 84.6 Å². The minimum atomic E-state index is -0.913. The lowest BCUT2D eigenvalue weighted by molar-refractivity contribution is -0.137. The molecule has 0 amide bonds. The first-order valence-corrected chi connectivity index (χ1v) is 8.77. The van der Waals surface area contributed by atoms with Gasteiger partial charge in [0.1, 0.15) is 30.3 Å². The van der Waals surface area contributed by atoms with Crippen LogP contribution in [0, 0.1) is 0 Å². The van der Waals surface area contributed by atoms with Crippen molar-refractivity contribution in [1.82, 2.24) is 9.55 Å². The highest BCUT2D eigenvalue weighted by molar-refractivity contribution is 5.79. The SMILES string of the molecule is O=C(O)Cn1ccc2cc(OCc3cccc(-c4ccccc4O)c3)cnc21. The van der Waals surface area contributed by atoms with Crippen LogP contribution in [0.15, 0.2) is 73.1 Å². The number of fused-ring (bicyclic) bond motifs is 1. The largest absolute Gasteiger partial charge is 0.507 e. The summed E-state index contributed by atoms with van der Waals surface area (Å²) in [7, 11) is 0. The van der Waals surface area contributed by atoms with Gasteiger partial charge in [0.2, 0.25) is 0 Å². The minimum absolute atomic E-state index is 0.129. The number of carboxylic acids is 1. The van der Waals surface area contributed by atoms with Gasteiger partial charge in [-0.2, -0.15) is 0 Å². The van der Waals surface area contributed by atoms with Crippen LogP contribution in [0.5, 0.6) is 11.5 Å². The molecule has 140 valence electrons. The summed E-state index contributed by atoms with van der Waals surface area (Å²) in [5.41, 5.74) is 3.26. The lowest BCUT2D eigenvalue weighted by atomic mass is 10.0. The molecule has 0 spiro atoms. The summed E-state index contributed by atoms with van der Waals surface area (Å²) < 4.78 is 7.44. The first kappa shape index (κ1) is 17.6. The third-order valence-corrected chi connectivity index (χ3v) is 4.43. The Balaban J connectivity index is 1.51. The van der Waals surface area contributed by atoms with Gasteiger partial charge in [-0.05, 0) is 35.4 Å². The molecular formula is C22H18N2O4. The predicted molar refractivity (Wildman–Crippen MR) is 105 cm³/mol. The van der Waals surface area contributed by atoms with Gasteiger partial charge in [-0.25, -0.2) is 4.98 Å². The normalized spacial score (nSPS) is 10.9. The molecule has 28 heavy (non-hydrogen) atoms. The molecule has 2 heterocycles. The van der Waals surface area contributed by atoms with Crippen molar-refractivity contribution in [3.8, 4) is 22.6 Å². The second kappa shape index (κ2) is 7.44. The van der Waals surface area contributed by atoms with Crippen LogP contribution < -0.4 is 4.74 Å². The van der Waals surface area contributed by atoms with Crippen LogP contribution >= 0.6 is 0 Å². The van der Waals surface area contributed by atoms with Gasteiger partial charge in [-0.15, -0.1) is 0 Å². The second-order valence-electron chi connectivity index (χ2n) is 6.43. The number of phenolic OH excluding ortho intramolecular Hbond substituents is 1. The first-order valence-electron chi connectivity index (χ1n) is 8.77. The highest BCUT2D eigenvalue weighted by Gasteiger charge is 2.08. The summed E-state index contributed by atoms with van der Waals surface area (Å²) in [6, 6.07) is 18.7. The molecule has 0 aliphatic rings. The van der Waals surface area contributed by atoms with Crippen molar-refractivity contribution in [2.24, 2.45) is 0 Å². The molecule has 2 N–H and O–H groups in total. The van der Waals surface area contributed by atoms with E-state index in [1.165, 1.54) is 0 Å². The number of benzene rings is 2. The predicted octanol–water partition coefficient (Wildman–Crippen LogP) is 4.07. The molecule has 4 aromatic rings. The van der Waals surface area contributed by atoms with Crippen molar-refractivity contribution >= 4 is 17.0 Å². The average molecular weight is 374 g/mol. The Morgan fingerprint density at radius 2 is 1.93 bits per heavy atom. The van der Waals surface area contributed by atoms with Gasteiger partial charge in [-0.3, -0.25) is 4.79 Å². The lowest BCUT2D eigenvalue weighted by Gasteiger charge is -2.09. The maximum Gasteiger partial charge on any atom is 0.323 e. The van der Waals surface area contributed by atoms with Gasteiger partial charge in [-0.1, -0.05) is 36.4 Å². The fourth-order valence-electron chi connectivity index (χ4n) is 3.12. The molecule has 2 aromatic carbocycles. The maximum absolute atomic E-state index is 10.9. The first-order chi connectivity index (χ1) is 13.6. The van der Waals surface area contributed by atoms with E-state index >= 15 is 0 Å². The standard InChI is InChI=1S/C22H18N2O4/c25-20-7-2-1-6-19(20)16-5-3-4-15(10-16)14-28-18-11-17-8-9-24(13-21(26)27)22(17)23-12-18/h1-12,25H,13-14H2,(H,26,27). The van der Waals surface area contributed by atoms with E-state index in [2.05, 4.69) is 4.98 Å². The molecule has 4 rings (SSSR count). The van der Waals surface area contributed by atoms with Crippen LogP contribution in [0.1, 0.15) is 5.56 Å². The zero-order valence-electron chi connectivity index (χ0n) is 14.9. The quantitative estimate of drug-likeness (QED) is 0.531. The van der Waals surface area contributed by atoms with Gasteiger partial charge in [0.15, 0.2) is 0 Å². The van der Waals surface area contributed by atoms with Crippen molar-refractivity contribution in [2.75, 3.05) is 0 Å². The summed E-state index contributed by atoms with van der Waals surface area (Å²) >= 11 is 0. The van der Waals surface area contributed by atoms with Crippen molar-refractivity contribution in [3.63, 3.8) is 0 Å². The summed E-state index contributed by atoms with van der Waals surface area (Å²) in [5, 5.41) is 19.8. The smallest absolute Gasteiger partial charge is 0.323 e. The van der Waals surface area contributed by atoms with Gasteiger partial charge in [0, 0.05) is 17.1 Å². The zero-order valence-corrected chi connectivity index (χ0v) is 14.9. The molecule has 0 aliphatic heterocycles. The fraction of sp³-hybridized carbons (Fsp3) is 0.0909. The van der Waals surface area contributed by atoms with Crippen molar-refractivity contribution in [2.45, 2.75) is 13.2 Å². The molecule has 0 bridgehead atoms. The number of ether oxygens (including phenoxy) is 1. The van der Waals surface area contributed by atoms with Crippen molar-refractivity contribution < 1.29 is 19.7 Å². The summed E-state index contributed by atoms with van der Waals surface area (Å²) in [6.07, 6.45) is 3.29. The fourth-order valence-corrected chi connectivity index (χ4v) is 3.12. The van der Waals surface area contributed by atoms with E-state index in [0.717, 1.165) is 22.1 Å². The van der Waals surface area contributed by atoms with Crippen molar-refractivity contribution in [3.05, 3.63) is 78.6 Å². The summed E-state index contributed by atoms with van der Waals surface area (Å²) in [5.74, 6) is -0.0707. The molecule has 6 nitrogen and oxygen atoms in total. The highest BCUT2D eigenvalue weighted by atomic mass is 16.5. The van der Waals surface area contributed by atoms with E-state index in [4.69, 9.17) is 9.84 Å². The summed E-state index contributed by atoms with van der Waals surface area (Å²) in [6.45, 7) is 0.223. The number of para-hydroxylation sites is 1. The second-order valence-corrected chi connectivity index (χ2v) is 6.43. The number of pyridine rings is 1. The molecule has 0 saturated carbocycles. The number of rotatable bonds is 6. The van der Waals surface area contributed by atoms with Gasteiger partial charge >= 0.3 is 5.97 Å². The molecule has 0 aliphatic carbocycles. The Labute approximate surface area is 161 Å². The molecule has 6 heteroatoms. The van der Waals surface area contributed by atoms with Crippen LogP contribution in [0.2, 0.25) is 0 Å². The summed E-state index contributed by atoms with van der Waals surface area (Å²) in [4.78, 5) is 15.2. The molecule has 0 radical (unpaired) electrons. The lowest BCUT2D eigenvalue weighted by Crippen LogP contribution is -2.07. The third-order valence-electron chi connectivity index (χ3n) is 4.43. The highest BCUT2D eigenvalue weighted by Crippen LogP contribution is 2.29. The number of carbonyl (C=O) groups is 1. The van der Waals surface area contributed by atoms with Crippen LogP contribution in [0.25, 0.3) is 22.2 Å².